The number of esters is 1. The molecule has 2 aromatic carbocycles. The van der Waals surface area contributed by atoms with E-state index in [-0.39, 0.29) is 12.2 Å². The van der Waals surface area contributed by atoms with Crippen LogP contribution in [0, 0.1) is 6.92 Å². The van der Waals surface area contributed by atoms with Crippen LogP contribution in [0.1, 0.15) is 61.9 Å². The van der Waals surface area contributed by atoms with Crippen molar-refractivity contribution in [2.75, 3.05) is 6.61 Å². The number of carbonyl (C=O) groups excluding carboxylic acids is 1. The van der Waals surface area contributed by atoms with E-state index in [9.17, 15) is 9.59 Å². The van der Waals surface area contributed by atoms with Gasteiger partial charge in [0.05, 0.1) is 28.5 Å². The van der Waals surface area contributed by atoms with E-state index < -0.39 is 12.0 Å². The molecule has 0 unspecified atom stereocenters. The highest BCUT2D eigenvalue weighted by atomic mass is 32.1. The molecule has 170 valence electrons. The Bertz CT molecular complexity index is 1390. The standard InChI is InChI=1S/C27H28N2O3S/c1-6-32-26(31)23-18(5)28-27-29(24(23)21-13-11-20(12-14-21)16(2)3)25(30)22(33-27)15-19-9-7-17(4)8-10-19/h7-16,24H,6H2,1-5H3/b22-15-/t24-/m0/s1. The van der Waals surface area contributed by atoms with Gasteiger partial charge in [0.2, 0.25) is 0 Å². The molecule has 2 heterocycles. The summed E-state index contributed by atoms with van der Waals surface area (Å²) in [4.78, 5) is 31.8. The van der Waals surface area contributed by atoms with E-state index in [1.165, 1.54) is 16.9 Å². The lowest BCUT2D eigenvalue weighted by atomic mass is 9.93. The van der Waals surface area contributed by atoms with Crippen molar-refractivity contribution >= 4 is 23.4 Å². The van der Waals surface area contributed by atoms with E-state index in [1.807, 2.05) is 49.4 Å². The van der Waals surface area contributed by atoms with E-state index in [4.69, 9.17) is 4.74 Å². The molecule has 0 N–H and O–H groups in total. The minimum absolute atomic E-state index is 0.161. The third-order valence-electron chi connectivity index (χ3n) is 5.81. The number of carbonyl (C=O) groups is 1. The molecule has 5 nitrogen and oxygen atoms in total. The number of aryl methyl sites for hydroxylation is 1. The number of ether oxygens (including phenoxy) is 1. The summed E-state index contributed by atoms with van der Waals surface area (Å²) in [7, 11) is 0. The molecule has 0 fully saturated rings. The molecule has 0 saturated heterocycles. The quantitative estimate of drug-likeness (QED) is 0.536. The fourth-order valence-electron chi connectivity index (χ4n) is 3.98. The summed E-state index contributed by atoms with van der Waals surface area (Å²) in [6, 6.07) is 15.5. The van der Waals surface area contributed by atoms with Crippen molar-refractivity contribution in [3.05, 3.63) is 102 Å². The van der Waals surface area contributed by atoms with E-state index in [1.54, 1.807) is 18.4 Å². The Morgan fingerprint density at radius 1 is 1.12 bits per heavy atom. The Morgan fingerprint density at radius 3 is 2.39 bits per heavy atom. The van der Waals surface area contributed by atoms with Crippen LogP contribution in [0.3, 0.4) is 0 Å². The van der Waals surface area contributed by atoms with Gasteiger partial charge in [-0.2, -0.15) is 0 Å². The van der Waals surface area contributed by atoms with E-state index in [2.05, 4.69) is 31.0 Å². The number of hydrogen-bond acceptors (Lipinski definition) is 5. The van der Waals surface area contributed by atoms with Gasteiger partial charge in [0.15, 0.2) is 4.80 Å². The smallest absolute Gasteiger partial charge is 0.338 e. The molecule has 3 aromatic rings. The molecule has 0 bridgehead atoms. The SMILES string of the molecule is CCOC(=O)C1=C(C)N=c2s/c(=C\c3ccc(C)cc3)c(=O)n2[C@H]1c1ccc(C(C)C)cc1. The van der Waals surface area contributed by atoms with Crippen LogP contribution in [0.15, 0.2) is 69.6 Å². The molecule has 0 amide bonds. The molecule has 0 radical (unpaired) electrons. The summed E-state index contributed by atoms with van der Waals surface area (Å²) in [5.74, 6) is -0.0538. The second-order valence-electron chi connectivity index (χ2n) is 8.53. The Labute approximate surface area is 197 Å². The zero-order valence-corrected chi connectivity index (χ0v) is 20.4. The summed E-state index contributed by atoms with van der Waals surface area (Å²) in [6.07, 6.45) is 1.88. The molecule has 33 heavy (non-hydrogen) atoms. The zero-order chi connectivity index (χ0) is 23.7. The minimum atomic E-state index is -0.582. The second kappa shape index (κ2) is 9.32. The molecule has 0 saturated carbocycles. The van der Waals surface area contributed by atoms with Crippen LogP contribution in [0.5, 0.6) is 0 Å². The number of benzene rings is 2. The van der Waals surface area contributed by atoms with Crippen LogP contribution >= 0.6 is 11.3 Å². The number of thiazole rings is 1. The van der Waals surface area contributed by atoms with Crippen LogP contribution < -0.4 is 14.9 Å². The van der Waals surface area contributed by atoms with Crippen molar-refractivity contribution < 1.29 is 9.53 Å². The van der Waals surface area contributed by atoms with Crippen molar-refractivity contribution in [2.24, 2.45) is 4.99 Å². The Kier molecular flexibility index (Phi) is 6.47. The van der Waals surface area contributed by atoms with Gasteiger partial charge >= 0.3 is 5.97 Å². The van der Waals surface area contributed by atoms with E-state index in [0.29, 0.717) is 26.5 Å². The van der Waals surface area contributed by atoms with Crippen molar-refractivity contribution in [3.63, 3.8) is 0 Å². The molecule has 0 spiro atoms. The fraction of sp³-hybridized carbons (Fsp3) is 0.296. The first-order valence-corrected chi connectivity index (χ1v) is 12.0. The van der Waals surface area contributed by atoms with Gasteiger partial charge in [-0.1, -0.05) is 79.3 Å². The first-order valence-electron chi connectivity index (χ1n) is 11.2. The highest BCUT2D eigenvalue weighted by Gasteiger charge is 2.33. The van der Waals surface area contributed by atoms with Gasteiger partial charge in [0.1, 0.15) is 0 Å². The summed E-state index contributed by atoms with van der Waals surface area (Å²) in [5.41, 5.74) is 4.99. The largest absolute Gasteiger partial charge is 0.463 e. The monoisotopic (exact) mass is 460 g/mol. The van der Waals surface area contributed by atoms with Gasteiger partial charge in [0, 0.05) is 0 Å². The van der Waals surface area contributed by atoms with Crippen molar-refractivity contribution in [1.82, 2.24) is 4.57 Å². The van der Waals surface area contributed by atoms with Crippen LogP contribution in [-0.4, -0.2) is 17.1 Å². The minimum Gasteiger partial charge on any atom is -0.463 e. The van der Waals surface area contributed by atoms with Gasteiger partial charge in [-0.3, -0.25) is 9.36 Å². The van der Waals surface area contributed by atoms with Gasteiger partial charge in [-0.25, -0.2) is 9.79 Å². The normalized spacial score (nSPS) is 16.1. The first kappa shape index (κ1) is 22.9. The molecule has 1 aromatic heterocycles. The lowest BCUT2D eigenvalue weighted by Gasteiger charge is -2.25. The molecule has 0 aliphatic carbocycles. The summed E-state index contributed by atoms with van der Waals surface area (Å²) in [5, 5.41) is 0. The number of aromatic nitrogens is 1. The number of allylic oxidation sites excluding steroid dienone is 1. The highest BCUT2D eigenvalue weighted by molar-refractivity contribution is 7.07. The summed E-state index contributed by atoms with van der Waals surface area (Å²) >= 11 is 1.34. The highest BCUT2D eigenvalue weighted by Crippen LogP contribution is 2.31. The van der Waals surface area contributed by atoms with Crippen LogP contribution in [0.4, 0.5) is 0 Å². The lowest BCUT2D eigenvalue weighted by Crippen LogP contribution is -2.39. The van der Waals surface area contributed by atoms with Crippen LogP contribution in [0.25, 0.3) is 6.08 Å². The Balaban J connectivity index is 1.92. The van der Waals surface area contributed by atoms with Gasteiger partial charge < -0.3 is 4.74 Å². The molecule has 1 aliphatic heterocycles. The Morgan fingerprint density at radius 2 is 1.79 bits per heavy atom. The van der Waals surface area contributed by atoms with E-state index in [0.717, 1.165) is 16.7 Å². The number of nitrogens with zero attached hydrogens (tertiary/aromatic N) is 2. The number of rotatable bonds is 5. The van der Waals surface area contributed by atoms with E-state index >= 15 is 0 Å². The number of hydrogen-bond donors (Lipinski definition) is 0. The van der Waals surface area contributed by atoms with Gasteiger partial charge in [-0.05, 0) is 49.5 Å². The molecule has 6 heteroatoms. The Hall–Kier alpha value is -3.25. The molecular formula is C27H28N2O3S. The average Bonchev–Trinajstić information content (AvgIpc) is 3.09. The van der Waals surface area contributed by atoms with Gasteiger partial charge in [-0.15, -0.1) is 0 Å². The first-order chi connectivity index (χ1) is 15.8. The van der Waals surface area contributed by atoms with Crippen LogP contribution in [-0.2, 0) is 9.53 Å². The van der Waals surface area contributed by atoms with Crippen molar-refractivity contribution in [3.8, 4) is 0 Å². The maximum Gasteiger partial charge on any atom is 0.338 e. The zero-order valence-electron chi connectivity index (χ0n) is 19.6. The number of fused-ring (bicyclic) bond motifs is 1. The van der Waals surface area contributed by atoms with Gasteiger partial charge in [0.25, 0.3) is 5.56 Å². The molecule has 1 aliphatic rings. The predicted molar refractivity (Wildman–Crippen MR) is 132 cm³/mol. The van der Waals surface area contributed by atoms with Crippen molar-refractivity contribution in [2.45, 2.75) is 46.6 Å². The topological polar surface area (TPSA) is 60.7 Å². The van der Waals surface area contributed by atoms with Crippen LogP contribution in [0.2, 0.25) is 0 Å². The maximum atomic E-state index is 13.6. The summed E-state index contributed by atoms with van der Waals surface area (Å²) in [6.45, 7) is 10.1. The second-order valence-corrected chi connectivity index (χ2v) is 9.54. The lowest BCUT2D eigenvalue weighted by molar-refractivity contribution is -0.139. The maximum absolute atomic E-state index is 13.6. The molecule has 1 atom stereocenters. The fourth-order valence-corrected chi connectivity index (χ4v) is 5.03. The third-order valence-corrected chi connectivity index (χ3v) is 6.79. The average molecular weight is 461 g/mol. The molecule has 4 rings (SSSR count). The van der Waals surface area contributed by atoms with Crippen molar-refractivity contribution in [1.29, 1.82) is 0 Å². The third kappa shape index (κ3) is 4.48. The molecular weight excluding hydrogens is 432 g/mol. The predicted octanol–water partition coefficient (Wildman–Crippen LogP) is 4.23. The summed E-state index contributed by atoms with van der Waals surface area (Å²) < 4.78 is 7.57.